The summed E-state index contributed by atoms with van der Waals surface area (Å²) in [5.41, 5.74) is 1.48. The van der Waals surface area contributed by atoms with Gasteiger partial charge in [0.05, 0.1) is 5.92 Å². The molecule has 0 aliphatic carbocycles. The Kier molecular flexibility index (Phi) is 21.8. The van der Waals surface area contributed by atoms with Crippen molar-refractivity contribution in [2.75, 3.05) is 0 Å². The van der Waals surface area contributed by atoms with Crippen LogP contribution in [0.15, 0.2) is 40.3 Å². The Morgan fingerprint density at radius 2 is 0.900 bits per heavy atom. The zero-order valence-electron chi connectivity index (χ0n) is 26.8. The molecule has 1 aliphatic heterocycles. The highest BCUT2D eigenvalue weighted by molar-refractivity contribution is 6.18. The zero-order valence-corrected chi connectivity index (χ0v) is 26.8. The summed E-state index contributed by atoms with van der Waals surface area (Å²) in [6, 6.07) is 11.2. The maximum absolute atomic E-state index is 4.73. The van der Waals surface area contributed by atoms with Crippen molar-refractivity contribution in [1.29, 1.82) is 0 Å². The van der Waals surface area contributed by atoms with Gasteiger partial charge in [-0.3, -0.25) is 0 Å². The average molecular weight is 550 g/mol. The quantitative estimate of drug-likeness (QED) is 0.0733. The van der Waals surface area contributed by atoms with Gasteiger partial charge < -0.3 is 0 Å². The summed E-state index contributed by atoms with van der Waals surface area (Å²) in [5.74, 6) is 1.14. The SMILES string of the molecule is CCCCCCCCCCCCCCCCCC(Cc1ccccc1)C(CCCCCCCCC)[C+]1N=CC=N1. The molecule has 0 aromatic heterocycles. The van der Waals surface area contributed by atoms with Crippen LogP contribution in [0, 0.1) is 18.0 Å². The van der Waals surface area contributed by atoms with Gasteiger partial charge in [-0.2, -0.15) is 0 Å². The van der Waals surface area contributed by atoms with E-state index >= 15 is 0 Å². The molecular formula is C38H65N2+. The summed E-state index contributed by atoms with van der Waals surface area (Å²) in [7, 11) is 0. The molecule has 2 atom stereocenters. The first-order chi connectivity index (χ1) is 19.8. The Bertz CT molecular complexity index is 712. The van der Waals surface area contributed by atoms with Crippen molar-refractivity contribution in [1.82, 2.24) is 0 Å². The lowest BCUT2D eigenvalue weighted by Crippen LogP contribution is -2.22. The molecular weight excluding hydrogens is 484 g/mol. The number of unbranched alkanes of at least 4 members (excludes halogenated alkanes) is 20. The average Bonchev–Trinajstić information content (AvgIpc) is 3.51. The van der Waals surface area contributed by atoms with Gasteiger partial charge in [0, 0.05) is 0 Å². The predicted molar refractivity (Wildman–Crippen MR) is 180 cm³/mol. The van der Waals surface area contributed by atoms with Crippen LogP contribution in [-0.2, 0) is 6.42 Å². The van der Waals surface area contributed by atoms with Crippen LogP contribution >= 0.6 is 0 Å². The van der Waals surface area contributed by atoms with Crippen LogP contribution in [0.4, 0.5) is 0 Å². The minimum Gasteiger partial charge on any atom is -0.0965 e. The summed E-state index contributed by atoms with van der Waals surface area (Å²) in [4.78, 5) is 9.46. The van der Waals surface area contributed by atoms with Gasteiger partial charge in [0.1, 0.15) is 0 Å². The molecule has 2 unspecified atom stereocenters. The molecule has 0 fully saturated rings. The van der Waals surface area contributed by atoms with E-state index in [2.05, 4.69) is 44.2 Å². The molecule has 2 nitrogen and oxygen atoms in total. The third-order valence-corrected chi connectivity index (χ3v) is 9.02. The van der Waals surface area contributed by atoms with Gasteiger partial charge in [0.15, 0.2) is 12.4 Å². The van der Waals surface area contributed by atoms with Gasteiger partial charge in [-0.15, -0.1) is 0 Å². The first-order valence-corrected chi connectivity index (χ1v) is 17.8. The molecule has 2 heteroatoms. The van der Waals surface area contributed by atoms with E-state index in [-0.39, 0.29) is 0 Å². The van der Waals surface area contributed by atoms with Crippen molar-refractivity contribution in [2.45, 2.75) is 174 Å². The molecule has 0 radical (unpaired) electrons. The van der Waals surface area contributed by atoms with Gasteiger partial charge in [-0.1, -0.05) is 195 Å². The molecule has 0 spiro atoms. The zero-order chi connectivity index (χ0) is 28.4. The molecule has 0 amide bonds. The van der Waals surface area contributed by atoms with Crippen molar-refractivity contribution in [3.05, 3.63) is 42.1 Å². The second-order valence-corrected chi connectivity index (χ2v) is 12.6. The molecule has 1 heterocycles. The third-order valence-electron chi connectivity index (χ3n) is 9.02. The standard InChI is InChI=1S/C38H65N2/c1-3-5-7-9-11-12-13-14-15-16-17-18-20-21-26-30-36(34-35-28-24-23-25-29-35)37(38-39-32-33-40-38)31-27-22-19-10-8-6-4-2/h23-25,28-29,32-33,36-37H,3-22,26-27,30-31,34H2,1-2H3/q+1. The van der Waals surface area contributed by atoms with Crippen molar-refractivity contribution in [3.63, 3.8) is 0 Å². The summed E-state index contributed by atoms with van der Waals surface area (Å²) in [6.07, 6.45) is 39.6. The topological polar surface area (TPSA) is 24.7 Å². The van der Waals surface area contributed by atoms with E-state index in [0.717, 1.165) is 12.6 Å². The van der Waals surface area contributed by atoms with Gasteiger partial charge in [0.25, 0.3) is 0 Å². The highest BCUT2D eigenvalue weighted by Crippen LogP contribution is 2.37. The molecule has 40 heavy (non-hydrogen) atoms. The molecule has 1 aromatic rings. The van der Waals surface area contributed by atoms with E-state index in [1.165, 1.54) is 160 Å². The minimum atomic E-state index is 0.498. The molecule has 2 rings (SSSR count). The molecule has 1 aromatic carbocycles. The number of hydrogen-bond donors (Lipinski definition) is 0. The van der Waals surface area contributed by atoms with Crippen molar-refractivity contribution < 1.29 is 0 Å². The molecule has 0 bridgehead atoms. The van der Waals surface area contributed by atoms with Crippen LogP contribution in [-0.4, -0.2) is 12.4 Å². The smallest absolute Gasteiger partial charge is 0.0965 e. The lowest BCUT2D eigenvalue weighted by Gasteiger charge is -2.26. The van der Waals surface area contributed by atoms with Crippen molar-refractivity contribution in [2.24, 2.45) is 21.8 Å². The fourth-order valence-electron chi connectivity index (χ4n) is 6.48. The highest BCUT2D eigenvalue weighted by atomic mass is 15.0. The van der Waals surface area contributed by atoms with E-state index < -0.39 is 0 Å². The lowest BCUT2D eigenvalue weighted by molar-refractivity contribution is 0.284. The maximum atomic E-state index is 4.73. The van der Waals surface area contributed by atoms with Crippen LogP contribution in [0.5, 0.6) is 0 Å². The number of benzene rings is 1. The third kappa shape index (κ3) is 17.3. The van der Waals surface area contributed by atoms with Crippen LogP contribution in [0.2, 0.25) is 0 Å². The summed E-state index contributed by atoms with van der Waals surface area (Å²) in [5, 5.41) is 0. The van der Waals surface area contributed by atoms with E-state index in [1.54, 1.807) is 0 Å². The van der Waals surface area contributed by atoms with Gasteiger partial charge in [0.2, 0.25) is 6.17 Å². The lowest BCUT2D eigenvalue weighted by atomic mass is 9.78. The summed E-state index contributed by atoms with van der Waals surface area (Å²) >= 11 is 0. The van der Waals surface area contributed by atoms with E-state index in [9.17, 15) is 0 Å². The minimum absolute atomic E-state index is 0.498. The van der Waals surface area contributed by atoms with Gasteiger partial charge >= 0.3 is 0 Å². The normalized spacial score (nSPS) is 14.3. The number of hydrogen-bond acceptors (Lipinski definition) is 2. The van der Waals surface area contributed by atoms with E-state index in [0.29, 0.717) is 11.8 Å². The van der Waals surface area contributed by atoms with Gasteiger partial charge in [-0.05, 0) is 30.7 Å². The van der Waals surface area contributed by atoms with Gasteiger partial charge in [-0.25, -0.2) is 0 Å². The fraction of sp³-hybridized carbons (Fsp3) is 0.763. The molecule has 226 valence electrons. The number of nitrogens with zero attached hydrogens (tertiary/aromatic N) is 2. The Morgan fingerprint density at radius 1 is 0.500 bits per heavy atom. The molecule has 0 saturated heterocycles. The van der Waals surface area contributed by atoms with Crippen LogP contribution in [0.3, 0.4) is 0 Å². The second-order valence-electron chi connectivity index (χ2n) is 12.6. The Hall–Kier alpha value is -1.57. The first kappa shape index (κ1) is 34.6. The Labute approximate surface area is 250 Å². The Balaban J connectivity index is 1.68. The Morgan fingerprint density at radius 3 is 1.35 bits per heavy atom. The predicted octanol–water partition coefficient (Wildman–Crippen LogP) is 12.5. The highest BCUT2D eigenvalue weighted by Gasteiger charge is 2.35. The molecule has 0 saturated carbocycles. The number of rotatable bonds is 28. The summed E-state index contributed by atoms with van der Waals surface area (Å²) < 4.78 is 0. The number of aliphatic imine (C=N–C) groups is 2. The molecule has 0 N–H and O–H groups in total. The fourth-order valence-corrected chi connectivity index (χ4v) is 6.48. The molecule has 1 aliphatic rings. The van der Waals surface area contributed by atoms with E-state index in [4.69, 9.17) is 9.98 Å². The van der Waals surface area contributed by atoms with Crippen molar-refractivity contribution >= 4 is 12.4 Å². The monoisotopic (exact) mass is 550 g/mol. The van der Waals surface area contributed by atoms with E-state index in [1.807, 2.05) is 12.4 Å². The maximum Gasteiger partial charge on any atom is 0.244 e. The second kappa shape index (κ2) is 25.2. The summed E-state index contributed by atoms with van der Waals surface area (Å²) in [6.45, 7) is 4.61. The van der Waals surface area contributed by atoms with Crippen LogP contribution < -0.4 is 0 Å². The van der Waals surface area contributed by atoms with Crippen LogP contribution in [0.25, 0.3) is 0 Å². The van der Waals surface area contributed by atoms with Crippen molar-refractivity contribution in [3.8, 4) is 0 Å². The first-order valence-electron chi connectivity index (χ1n) is 17.8. The largest absolute Gasteiger partial charge is 0.244 e. The van der Waals surface area contributed by atoms with Crippen LogP contribution in [0.1, 0.15) is 174 Å².